The minimum atomic E-state index is -0.466. The molecule has 0 aliphatic heterocycles. The van der Waals surface area contributed by atoms with Crippen LogP contribution in [0.15, 0.2) is 6.20 Å². The van der Waals surface area contributed by atoms with Gasteiger partial charge < -0.3 is 10.4 Å². The molecule has 1 aromatic rings. The Bertz CT molecular complexity index is 377. The van der Waals surface area contributed by atoms with Crippen LogP contribution in [0.4, 0.5) is 0 Å². The van der Waals surface area contributed by atoms with Crippen molar-refractivity contribution in [3.05, 3.63) is 16.1 Å². The highest BCUT2D eigenvalue weighted by atomic mass is 32.1. The number of hydrogen-bond acceptors (Lipinski definition) is 4. The van der Waals surface area contributed by atoms with Gasteiger partial charge in [-0.1, -0.05) is 20.8 Å². The molecule has 0 saturated heterocycles. The molecule has 0 fully saturated rings. The van der Waals surface area contributed by atoms with Gasteiger partial charge in [0.25, 0.3) is 0 Å². The Hall–Kier alpha value is -0.450. The largest absolute Gasteiger partial charge is 0.386 e. The summed E-state index contributed by atoms with van der Waals surface area (Å²) in [4.78, 5) is 5.39. The van der Waals surface area contributed by atoms with E-state index in [0.717, 1.165) is 18.0 Å². The third kappa shape index (κ3) is 5.46. The summed E-state index contributed by atoms with van der Waals surface area (Å²) >= 11 is 1.58. The van der Waals surface area contributed by atoms with E-state index < -0.39 is 6.10 Å². The zero-order valence-electron chi connectivity index (χ0n) is 12.4. The van der Waals surface area contributed by atoms with Crippen LogP contribution in [0.1, 0.15) is 64.0 Å². The van der Waals surface area contributed by atoms with Gasteiger partial charge >= 0.3 is 0 Å². The molecule has 0 amide bonds. The van der Waals surface area contributed by atoms with Crippen LogP contribution < -0.4 is 5.32 Å². The van der Waals surface area contributed by atoms with Crippen LogP contribution in [0, 0.1) is 5.41 Å². The van der Waals surface area contributed by atoms with Crippen molar-refractivity contribution in [3.63, 3.8) is 0 Å². The van der Waals surface area contributed by atoms with Crippen LogP contribution in [0.25, 0.3) is 0 Å². The average Bonchev–Trinajstić information content (AvgIpc) is 2.59. The molecule has 4 heteroatoms. The highest BCUT2D eigenvalue weighted by Crippen LogP contribution is 2.27. The fraction of sp³-hybridized carbons (Fsp3) is 0.786. The van der Waals surface area contributed by atoms with E-state index in [1.54, 1.807) is 18.3 Å². The molecule has 0 saturated carbocycles. The van der Waals surface area contributed by atoms with Crippen molar-refractivity contribution in [1.29, 1.82) is 0 Å². The second-order valence-electron chi connectivity index (χ2n) is 6.82. The maximum absolute atomic E-state index is 9.45. The van der Waals surface area contributed by atoms with E-state index in [1.165, 1.54) is 4.88 Å². The summed E-state index contributed by atoms with van der Waals surface area (Å²) < 4.78 is 0. The van der Waals surface area contributed by atoms with Gasteiger partial charge in [0.15, 0.2) is 0 Å². The van der Waals surface area contributed by atoms with Gasteiger partial charge in [-0.25, -0.2) is 4.98 Å². The maximum atomic E-state index is 9.45. The van der Waals surface area contributed by atoms with E-state index in [4.69, 9.17) is 0 Å². The molecule has 3 nitrogen and oxygen atoms in total. The van der Waals surface area contributed by atoms with Gasteiger partial charge in [0, 0.05) is 23.2 Å². The van der Waals surface area contributed by atoms with Gasteiger partial charge in [-0.15, -0.1) is 11.3 Å². The highest BCUT2D eigenvalue weighted by molar-refractivity contribution is 7.11. The van der Waals surface area contributed by atoms with Crippen molar-refractivity contribution in [2.75, 3.05) is 0 Å². The van der Waals surface area contributed by atoms with Gasteiger partial charge in [-0.2, -0.15) is 0 Å². The molecule has 2 N–H and O–H groups in total. The molecule has 0 aromatic carbocycles. The molecule has 18 heavy (non-hydrogen) atoms. The third-order valence-electron chi connectivity index (χ3n) is 2.64. The predicted molar refractivity (Wildman–Crippen MR) is 77.7 cm³/mol. The molecule has 0 aliphatic carbocycles. The van der Waals surface area contributed by atoms with E-state index in [0.29, 0.717) is 5.41 Å². The SMILES string of the molecule is C[C@H](O)c1ncc(CNC(C)(C)CC(C)(C)C)s1. The van der Waals surface area contributed by atoms with E-state index in [-0.39, 0.29) is 5.54 Å². The lowest BCUT2D eigenvalue weighted by atomic mass is 9.82. The van der Waals surface area contributed by atoms with Crippen LogP contribution in [0.5, 0.6) is 0 Å². The van der Waals surface area contributed by atoms with Crippen LogP contribution in [-0.4, -0.2) is 15.6 Å². The Labute approximate surface area is 115 Å². The summed E-state index contributed by atoms with van der Waals surface area (Å²) in [5, 5.41) is 13.8. The zero-order chi connectivity index (χ0) is 14.0. The lowest BCUT2D eigenvalue weighted by molar-refractivity contribution is 0.199. The van der Waals surface area contributed by atoms with E-state index in [9.17, 15) is 5.11 Å². The number of aliphatic hydroxyl groups is 1. The molecule has 0 spiro atoms. The Morgan fingerprint density at radius 1 is 1.33 bits per heavy atom. The van der Waals surface area contributed by atoms with Gasteiger partial charge in [-0.3, -0.25) is 0 Å². The number of thiazole rings is 1. The first-order valence-corrected chi connectivity index (χ1v) is 7.28. The van der Waals surface area contributed by atoms with Crippen LogP contribution in [0.2, 0.25) is 0 Å². The Morgan fingerprint density at radius 3 is 2.39 bits per heavy atom. The topological polar surface area (TPSA) is 45.2 Å². The van der Waals surface area contributed by atoms with Crippen molar-refractivity contribution < 1.29 is 5.11 Å². The molecule has 1 aromatic heterocycles. The van der Waals surface area contributed by atoms with E-state index in [1.807, 2.05) is 6.20 Å². The fourth-order valence-electron chi connectivity index (χ4n) is 2.31. The third-order valence-corrected chi connectivity index (χ3v) is 3.81. The summed E-state index contributed by atoms with van der Waals surface area (Å²) in [7, 11) is 0. The summed E-state index contributed by atoms with van der Waals surface area (Å²) in [5.74, 6) is 0. The van der Waals surface area contributed by atoms with Crippen molar-refractivity contribution in [3.8, 4) is 0 Å². The number of nitrogens with one attached hydrogen (secondary N) is 1. The number of aromatic nitrogens is 1. The molecule has 0 bridgehead atoms. The number of rotatable bonds is 5. The van der Waals surface area contributed by atoms with E-state index >= 15 is 0 Å². The Morgan fingerprint density at radius 2 is 1.94 bits per heavy atom. The van der Waals surface area contributed by atoms with Crippen molar-refractivity contribution >= 4 is 11.3 Å². The second-order valence-corrected chi connectivity index (χ2v) is 7.96. The molecule has 1 rings (SSSR count). The van der Waals surface area contributed by atoms with Gasteiger partial charge in [0.1, 0.15) is 11.1 Å². The second kappa shape index (κ2) is 5.68. The molecular formula is C14H26N2OS. The van der Waals surface area contributed by atoms with Gasteiger partial charge in [0.05, 0.1) is 0 Å². The lowest BCUT2D eigenvalue weighted by Gasteiger charge is -2.33. The number of nitrogens with zero attached hydrogens (tertiary/aromatic N) is 1. The first-order valence-electron chi connectivity index (χ1n) is 6.47. The first-order chi connectivity index (χ1) is 8.09. The molecule has 0 unspecified atom stereocenters. The monoisotopic (exact) mass is 270 g/mol. The molecular weight excluding hydrogens is 244 g/mol. The predicted octanol–water partition coefficient (Wildman–Crippen LogP) is 3.50. The fourth-order valence-corrected chi connectivity index (χ4v) is 3.11. The van der Waals surface area contributed by atoms with Crippen molar-refractivity contribution in [2.45, 2.75) is 66.2 Å². The number of hydrogen-bond donors (Lipinski definition) is 2. The summed E-state index contributed by atoms with van der Waals surface area (Å²) in [6.07, 6.45) is 2.50. The Balaban J connectivity index is 2.53. The normalized spacial score (nSPS) is 14.8. The molecule has 1 heterocycles. The number of aliphatic hydroxyl groups excluding tert-OH is 1. The lowest BCUT2D eigenvalue weighted by Crippen LogP contribution is -2.41. The zero-order valence-corrected chi connectivity index (χ0v) is 13.2. The molecule has 1 atom stereocenters. The average molecular weight is 270 g/mol. The van der Waals surface area contributed by atoms with Crippen molar-refractivity contribution in [2.24, 2.45) is 5.41 Å². The quantitative estimate of drug-likeness (QED) is 0.860. The smallest absolute Gasteiger partial charge is 0.121 e. The highest BCUT2D eigenvalue weighted by Gasteiger charge is 2.24. The van der Waals surface area contributed by atoms with E-state index in [2.05, 4.69) is 44.9 Å². The molecule has 0 aliphatic rings. The van der Waals surface area contributed by atoms with Crippen molar-refractivity contribution in [1.82, 2.24) is 10.3 Å². The summed E-state index contributed by atoms with van der Waals surface area (Å²) in [6, 6.07) is 0. The summed E-state index contributed by atoms with van der Waals surface area (Å²) in [6.45, 7) is 13.8. The van der Waals surface area contributed by atoms with Gasteiger partial charge in [-0.05, 0) is 32.6 Å². The summed E-state index contributed by atoms with van der Waals surface area (Å²) in [5.41, 5.74) is 0.419. The minimum absolute atomic E-state index is 0.104. The standard InChI is InChI=1S/C14H26N2OS/c1-10(17)12-15-7-11(18-12)8-16-14(5,6)9-13(2,3)4/h7,10,16-17H,8-9H2,1-6H3/t10-/m0/s1. The Kier molecular flexibility index (Phi) is 4.92. The van der Waals surface area contributed by atoms with Crippen LogP contribution in [-0.2, 0) is 6.54 Å². The van der Waals surface area contributed by atoms with Crippen LogP contribution >= 0.6 is 11.3 Å². The van der Waals surface area contributed by atoms with Crippen LogP contribution in [0.3, 0.4) is 0 Å². The molecule has 0 radical (unpaired) electrons. The van der Waals surface area contributed by atoms with Gasteiger partial charge in [0.2, 0.25) is 0 Å². The molecule has 104 valence electrons. The first kappa shape index (κ1) is 15.6. The maximum Gasteiger partial charge on any atom is 0.121 e. The minimum Gasteiger partial charge on any atom is -0.386 e.